The fraction of sp³-hybridized carbons (Fsp3) is 0.0667. The first-order valence-electron chi connectivity index (χ1n) is 6.75. The van der Waals surface area contributed by atoms with Crippen molar-refractivity contribution in [1.82, 2.24) is 0 Å². The third-order valence-electron chi connectivity index (χ3n) is 3.03. The number of benzene rings is 1. The predicted octanol–water partition coefficient (Wildman–Crippen LogP) is 3.13. The number of carbonyl (C=O) groups is 1. The minimum absolute atomic E-state index is 0.0146. The molecule has 0 saturated heterocycles. The van der Waals surface area contributed by atoms with Gasteiger partial charge >= 0.3 is 18.5 Å². The molecule has 3 rings (SSSR count). The van der Waals surface area contributed by atoms with E-state index < -0.39 is 23.4 Å². The first-order valence-corrected chi connectivity index (χ1v) is 6.75. The van der Waals surface area contributed by atoms with E-state index in [2.05, 4.69) is 9.73 Å². The highest BCUT2D eigenvalue weighted by Gasteiger charge is 2.27. The Kier molecular flexibility index (Phi) is 4.25. The maximum Gasteiger partial charge on any atom is 0.433 e. The molecule has 0 N–H and O–H groups in total. The van der Waals surface area contributed by atoms with Gasteiger partial charge in [-0.25, -0.2) is 9.79 Å². The highest BCUT2D eigenvalue weighted by molar-refractivity contribution is 6.13. The maximum atomic E-state index is 12.4. The zero-order chi connectivity index (χ0) is 18.0. The summed E-state index contributed by atoms with van der Waals surface area (Å²) in [4.78, 5) is 25.6. The molecule has 2 aromatic rings. The molecular formula is C15H8F2N2O6. The quantitative estimate of drug-likeness (QED) is 0.355. The second kappa shape index (κ2) is 6.51. The van der Waals surface area contributed by atoms with Gasteiger partial charge in [0, 0.05) is 6.08 Å². The molecule has 0 spiro atoms. The molecule has 0 saturated carbocycles. The molecule has 0 fully saturated rings. The number of alkyl halides is 2. The number of hydrogen-bond donors (Lipinski definition) is 0. The van der Waals surface area contributed by atoms with E-state index in [1.165, 1.54) is 30.3 Å². The molecule has 25 heavy (non-hydrogen) atoms. The van der Waals surface area contributed by atoms with Crippen LogP contribution in [-0.2, 0) is 9.53 Å². The monoisotopic (exact) mass is 350 g/mol. The lowest BCUT2D eigenvalue weighted by atomic mass is 10.2. The van der Waals surface area contributed by atoms with Gasteiger partial charge < -0.3 is 13.9 Å². The van der Waals surface area contributed by atoms with Gasteiger partial charge in [0.15, 0.2) is 5.70 Å². The number of rotatable bonds is 5. The number of carbonyl (C=O) groups excluding carboxylic acids is 1. The maximum absolute atomic E-state index is 12.4. The van der Waals surface area contributed by atoms with Crippen LogP contribution in [-0.4, -0.2) is 23.4 Å². The molecule has 0 atom stereocenters. The minimum atomic E-state index is -3.06. The average molecular weight is 350 g/mol. The largest absolute Gasteiger partial charge is 0.434 e. The first kappa shape index (κ1) is 16.3. The molecule has 0 aliphatic carbocycles. The van der Waals surface area contributed by atoms with Crippen molar-refractivity contribution in [1.29, 1.82) is 0 Å². The molecule has 1 aliphatic rings. The van der Waals surface area contributed by atoms with Crippen molar-refractivity contribution in [2.24, 2.45) is 4.99 Å². The van der Waals surface area contributed by atoms with Gasteiger partial charge in [0.25, 0.3) is 0 Å². The third kappa shape index (κ3) is 3.52. The molecule has 128 valence electrons. The number of cyclic esters (lactones) is 1. The van der Waals surface area contributed by atoms with Crippen LogP contribution in [0.1, 0.15) is 11.3 Å². The number of nitrogens with zero attached hydrogens (tertiary/aromatic N) is 2. The lowest BCUT2D eigenvalue weighted by molar-refractivity contribution is -0.402. The molecule has 0 unspecified atom stereocenters. The normalized spacial score (nSPS) is 15.4. The van der Waals surface area contributed by atoms with Gasteiger partial charge in [-0.15, -0.1) is 0 Å². The molecule has 0 bridgehead atoms. The van der Waals surface area contributed by atoms with E-state index in [0.717, 1.165) is 12.1 Å². The molecular weight excluding hydrogens is 342 g/mol. The van der Waals surface area contributed by atoms with Crippen LogP contribution in [0.25, 0.3) is 6.08 Å². The molecule has 1 aromatic carbocycles. The van der Waals surface area contributed by atoms with Crippen molar-refractivity contribution in [3.8, 4) is 5.75 Å². The number of halogens is 2. The van der Waals surface area contributed by atoms with Crippen LogP contribution >= 0.6 is 0 Å². The third-order valence-corrected chi connectivity index (χ3v) is 3.03. The zero-order valence-electron chi connectivity index (χ0n) is 12.2. The summed E-state index contributed by atoms with van der Waals surface area (Å²) in [5.74, 6) is -1.78. The summed E-state index contributed by atoms with van der Waals surface area (Å²) in [7, 11) is 0. The lowest BCUT2D eigenvalue weighted by Crippen LogP contribution is -2.10. The van der Waals surface area contributed by atoms with Crippen molar-refractivity contribution in [3.63, 3.8) is 0 Å². The summed E-state index contributed by atoms with van der Waals surface area (Å²) in [6.45, 7) is -3.06. The Balaban J connectivity index is 1.92. The number of ether oxygens (including phenoxy) is 2. The average Bonchev–Trinajstić information content (AvgIpc) is 3.15. The van der Waals surface area contributed by atoms with Gasteiger partial charge in [-0.2, -0.15) is 8.78 Å². The number of nitro groups is 1. The summed E-state index contributed by atoms with van der Waals surface area (Å²) in [5.41, 5.74) is -0.143. The van der Waals surface area contributed by atoms with E-state index in [1.807, 2.05) is 0 Å². The second-order valence-corrected chi connectivity index (χ2v) is 4.64. The van der Waals surface area contributed by atoms with Crippen LogP contribution in [0.2, 0.25) is 0 Å². The van der Waals surface area contributed by atoms with Crippen molar-refractivity contribution >= 4 is 23.8 Å². The summed E-state index contributed by atoms with van der Waals surface area (Å²) >= 11 is 0. The minimum Gasteiger partial charge on any atom is -0.434 e. The zero-order valence-corrected chi connectivity index (χ0v) is 12.2. The number of hydrogen-bond acceptors (Lipinski definition) is 7. The molecule has 10 heteroatoms. The molecule has 1 aromatic heterocycles. The summed E-state index contributed by atoms with van der Waals surface area (Å²) in [5, 5.41) is 10.6. The standard InChI is InChI=1S/C15H8F2N2O6/c16-15(17)24-11-4-2-1-3-9(11)13-18-10(14(20)25-13)7-8-5-6-12(23-8)19(21)22/h1-7,15H/b10-7-. The van der Waals surface area contributed by atoms with Crippen LogP contribution in [0.5, 0.6) is 5.75 Å². The Morgan fingerprint density at radius 3 is 2.68 bits per heavy atom. The Bertz CT molecular complexity index is 903. The van der Waals surface area contributed by atoms with Crippen LogP contribution in [0.4, 0.5) is 14.7 Å². The Morgan fingerprint density at radius 1 is 1.24 bits per heavy atom. The van der Waals surface area contributed by atoms with Crippen LogP contribution in [0, 0.1) is 10.1 Å². The lowest BCUT2D eigenvalue weighted by Gasteiger charge is -2.08. The Hall–Kier alpha value is -3.56. The van der Waals surface area contributed by atoms with Crippen molar-refractivity contribution in [2.75, 3.05) is 0 Å². The van der Waals surface area contributed by atoms with E-state index in [9.17, 15) is 23.7 Å². The highest BCUT2D eigenvalue weighted by Crippen LogP contribution is 2.27. The Labute approximate surface area is 138 Å². The fourth-order valence-corrected chi connectivity index (χ4v) is 2.02. The van der Waals surface area contributed by atoms with Gasteiger partial charge in [0.1, 0.15) is 16.4 Å². The van der Waals surface area contributed by atoms with Gasteiger partial charge in [-0.1, -0.05) is 12.1 Å². The number of aliphatic imine (C=N–C) groups is 1. The fourth-order valence-electron chi connectivity index (χ4n) is 2.02. The Morgan fingerprint density at radius 2 is 2.00 bits per heavy atom. The topological polar surface area (TPSA) is 104 Å². The van der Waals surface area contributed by atoms with Gasteiger partial charge in [0.2, 0.25) is 5.90 Å². The van der Waals surface area contributed by atoms with E-state index in [1.54, 1.807) is 0 Å². The van der Waals surface area contributed by atoms with Crippen molar-refractivity contribution in [2.45, 2.75) is 6.61 Å². The van der Waals surface area contributed by atoms with Crippen LogP contribution in [0.3, 0.4) is 0 Å². The second-order valence-electron chi connectivity index (χ2n) is 4.64. The van der Waals surface area contributed by atoms with Gasteiger partial charge in [-0.05, 0) is 18.2 Å². The van der Waals surface area contributed by atoms with E-state index in [4.69, 9.17) is 9.15 Å². The highest BCUT2D eigenvalue weighted by atomic mass is 19.3. The van der Waals surface area contributed by atoms with E-state index in [-0.39, 0.29) is 28.7 Å². The number of para-hydroxylation sites is 1. The van der Waals surface area contributed by atoms with Crippen LogP contribution in [0.15, 0.2) is 51.5 Å². The van der Waals surface area contributed by atoms with Crippen LogP contribution < -0.4 is 4.74 Å². The molecule has 8 nitrogen and oxygen atoms in total. The first-order chi connectivity index (χ1) is 11.9. The molecule has 1 aliphatic heterocycles. The smallest absolute Gasteiger partial charge is 0.433 e. The molecule has 0 radical (unpaired) electrons. The van der Waals surface area contributed by atoms with Crippen molar-refractivity contribution in [3.05, 3.63) is 63.5 Å². The SMILES string of the molecule is O=C1OC(c2ccccc2OC(F)F)=N/C1=C\c1ccc([N+](=O)[O-])o1. The summed E-state index contributed by atoms with van der Waals surface area (Å²) < 4.78 is 39.1. The van der Waals surface area contributed by atoms with Gasteiger partial charge in [0.05, 0.1) is 11.6 Å². The molecule has 2 heterocycles. The van der Waals surface area contributed by atoms with E-state index >= 15 is 0 Å². The predicted molar refractivity (Wildman–Crippen MR) is 79.0 cm³/mol. The summed E-state index contributed by atoms with van der Waals surface area (Å²) in [6.07, 6.45) is 1.14. The number of esters is 1. The molecule has 0 amide bonds. The number of furan rings is 1. The van der Waals surface area contributed by atoms with Crippen molar-refractivity contribution < 1.29 is 32.4 Å². The van der Waals surface area contributed by atoms with E-state index in [0.29, 0.717) is 0 Å². The summed E-state index contributed by atoms with van der Waals surface area (Å²) in [6, 6.07) is 8.06. The van der Waals surface area contributed by atoms with Gasteiger partial charge in [-0.3, -0.25) is 10.1 Å².